The van der Waals surface area contributed by atoms with Crippen molar-refractivity contribution in [2.24, 2.45) is 12.8 Å². The van der Waals surface area contributed by atoms with Crippen molar-refractivity contribution in [2.45, 2.75) is 23.4 Å². The second-order valence-corrected chi connectivity index (χ2v) is 7.15. The Kier molecular flexibility index (Phi) is 3.91. The number of carbonyl (C=O) groups excluding carboxylic acids is 1. The number of hydrogen-bond acceptors (Lipinski definition) is 7. The number of amides is 1. The van der Waals surface area contributed by atoms with E-state index >= 15 is 0 Å². The van der Waals surface area contributed by atoms with E-state index in [1.165, 1.54) is 28.4 Å². The molecule has 0 saturated carbocycles. The Morgan fingerprint density at radius 3 is 2.91 bits per heavy atom. The van der Waals surface area contributed by atoms with Crippen LogP contribution >= 0.6 is 23.5 Å². The highest BCUT2D eigenvalue weighted by Crippen LogP contribution is 2.40. The van der Waals surface area contributed by atoms with Crippen LogP contribution in [0, 0.1) is 6.92 Å². The summed E-state index contributed by atoms with van der Waals surface area (Å²) in [5, 5.41) is 18.0. The van der Waals surface area contributed by atoms with Crippen molar-refractivity contribution in [1.82, 2.24) is 19.9 Å². The molecule has 1 aromatic heterocycles. The minimum absolute atomic E-state index is 0.0794. The summed E-state index contributed by atoms with van der Waals surface area (Å²) in [7, 11) is 1.79. The van der Waals surface area contributed by atoms with E-state index in [2.05, 4.69) is 10.3 Å². The lowest BCUT2D eigenvalue weighted by atomic mass is 10.0. The van der Waals surface area contributed by atoms with Crippen LogP contribution in [0.1, 0.15) is 5.69 Å². The number of nitrogens with two attached hydrogens (primary N) is 1. The molecule has 0 radical (unpaired) electrons. The molecule has 1 fully saturated rings. The molecule has 2 aliphatic rings. The van der Waals surface area contributed by atoms with Gasteiger partial charge in [0, 0.05) is 18.6 Å². The van der Waals surface area contributed by atoms with Gasteiger partial charge in [-0.2, -0.15) is 0 Å². The van der Waals surface area contributed by atoms with Crippen LogP contribution in [0.3, 0.4) is 0 Å². The SMILES string of the molecule is Cc1nnn(C)c1SCC1=C(C(=O)O)N2C(=O)C(N)[C@@H]2SC1. The molecule has 0 spiro atoms. The maximum Gasteiger partial charge on any atom is 0.352 e. The number of hydrogen-bond donors (Lipinski definition) is 2. The van der Waals surface area contributed by atoms with Crippen molar-refractivity contribution in [2.75, 3.05) is 11.5 Å². The molecule has 10 heteroatoms. The number of carboxylic acid groups (broad SMARTS) is 1. The molecule has 118 valence electrons. The second kappa shape index (κ2) is 5.60. The van der Waals surface area contributed by atoms with Crippen LogP contribution in [0.5, 0.6) is 0 Å². The van der Waals surface area contributed by atoms with E-state index in [0.29, 0.717) is 11.5 Å². The molecule has 0 bridgehead atoms. The number of carbonyl (C=O) groups is 2. The predicted octanol–water partition coefficient (Wildman–Crippen LogP) is -0.203. The average molecular weight is 341 g/mol. The van der Waals surface area contributed by atoms with Gasteiger partial charge in [0.05, 0.1) is 5.69 Å². The maximum atomic E-state index is 11.9. The lowest BCUT2D eigenvalue weighted by molar-refractivity contribution is -0.147. The molecule has 0 aliphatic carbocycles. The van der Waals surface area contributed by atoms with Gasteiger partial charge in [-0.05, 0) is 12.5 Å². The molecule has 2 aliphatic heterocycles. The van der Waals surface area contributed by atoms with E-state index in [4.69, 9.17) is 5.73 Å². The molecule has 3 N–H and O–H groups in total. The van der Waals surface area contributed by atoms with Crippen molar-refractivity contribution >= 4 is 35.4 Å². The number of fused-ring (bicyclic) bond motifs is 1. The van der Waals surface area contributed by atoms with Crippen molar-refractivity contribution in [3.05, 3.63) is 17.0 Å². The first-order valence-corrected chi connectivity index (χ1v) is 8.60. The Morgan fingerprint density at radius 1 is 1.59 bits per heavy atom. The van der Waals surface area contributed by atoms with Crippen LogP contribution in [-0.4, -0.2) is 59.8 Å². The van der Waals surface area contributed by atoms with E-state index in [0.717, 1.165) is 16.3 Å². The predicted molar refractivity (Wildman–Crippen MR) is 82.2 cm³/mol. The summed E-state index contributed by atoms with van der Waals surface area (Å²) in [6.07, 6.45) is 0. The summed E-state index contributed by atoms with van der Waals surface area (Å²) in [4.78, 5) is 24.7. The molecule has 22 heavy (non-hydrogen) atoms. The third kappa shape index (κ3) is 2.31. The van der Waals surface area contributed by atoms with Gasteiger partial charge in [0.25, 0.3) is 0 Å². The van der Waals surface area contributed by atoms with Gasteiger partial charge in [-0.1, -0.05) is 5.21 Å². The first-order chi connectivity index (χ1) is 10.4. The number of thioether (sulfide) groups is 2. The number of aliphatic carboxylic acids is 1. The third-order valence-corrected chi connectivity index (χ3v) is 6.29. The van der Waals surface area contributed by atoms with Crippen LogP contribution in [-0.2, 0) is 16.6 Å². The third-order valence-electron chi connectivity index (χ3n) is 3.61. The highest BCUT2D eigenvalue weighted by Gasteiger charge is 2.51. The molecular weight excluding hydrogens is 326 g/mol. The highest BCUT2D eigenvalue weighted by atomic mass is 32.2. The Balaban J connectivity index is 1.84. The van der Waals surface area contributed by atoms with Gasteiger partial charge >= 0.3 is 5.97 Å². The van der Waals surface area contributed by atoms with E-state index < -0.39 is 12.0 Å². The van der Waals surface area contributed by atoms with E-state index in [-0.39, 0.29) is 17.0 Å². The summed E-state index contributed by atoms with van der Waals surface area (Å²) >= 11 is 2.98. The molecule has 3 heterocycles. The van der Waals surface area contributed by atoms with Crippen molar-refractivity contribution < 1.29 is 14.7 Å². The van der Waals surface area contributed by atoms with Gasteiger partial charge in [0.15, 0.2) is 0 Å². The summed E-state index contributed by atoms with van der Waals surface area (Å²) in [5.41, 5.74) is 7.32. The molecule has 1 amide bonds. The van der Waals surface area contributed by atoms with Gasteiger partial charge in [0.1, 0.15) is 22.1 Å². The summed E-state index contributed by atoms with van der Waals surface area (Å²) in [5.74, 6) is -0.375. The minimum atomic E-state index is -1.08. The minimum Gasteiger partial charge on any atom is -0.477 e. The van der Waals surface area contributed by atoms with E-state index in [1.807, 2.05) is 6.92 Å². The average Bonchev–Trinajstić information content (AvgIpc) is 2.82. The van der Waals surface area contributed by atoms with Crippen molar-refractivity contribution in [3.63, 3.8) is 0 Å². The Hall–Kier alpha value is -1.52. The first-order valence-electron chi connectivity index (χ1n) is 6.56. The van der Waals surface area contributed by atoms with Gasteiger partial charge in [-0.15, -0.1) is 28.6 Å². The number of aryl methyl sites for hydroxylation is 2. The molecule has 2 atom stereocenters. The Bertz CT molecular complexity index is 667. The fraction of sp³-hybridized carbons (Fsp3) is 0.500. The quantitative estimate of drug-likeness (QED) is 0.571. The molecular formula is C12H15N5O3S2. The molecule has 1 unspecified atom stereocenters. The van der Waals surface area contributed by atoms with Gasteiger partial charge in [-0.3, -0.25) is 9.69 Å². The van der Waals surface area contributed by atoms with Crippen LogP contribution in [0.15, 0.2) is 16.3 Å². The first kappa shape index (κ1) is 15.4. The molecule has 8 nitrogen and oxygen atoms in total. The van der Waals surface area contributed by atoms with E-state index in [9.17, 15) is 14.7 Å². The highest BCUT2D eigenvalue weighted by molar-refractivity contribution is 8.01. The zero-order valence-electron chi connectivity index (χ0n) is 12.0. The molecule has 3 rings (SSSR count). The van der Waals surface area contributed by atoms with Crippen LogP contribution in [0.4, 0.5) is 0 Å². The zero-order chi connectivity index (χ0) is 16.0. The Morgan fingerprint density at radius 2 is 2.32 bits per heavy atom. The topological polar surface area (TPSA) is 114 Å². The van der Waals surface area contributed by atoms with Crippen LogP contribution in [0.25, 0.3) is 0 Å². The lowest BCUT2D eigenvalue weighted by Gasteiger charge is -2.48. The molecule has 1 aromatic rings. The fourth-order valence-electron chi connectivity index (χ4n) is 2.50. The van der Waals surface area contributed by atoms with Crippen LogP contribution < -0.4 is 5.73 Å². The number of rotatable bonds is 4. The monoisotopic (exact) mass is 341 g/mol. The smallest absolute Gasteiger partial charge is 0.352 e. The molecule has 1 saturated heterocycles. The maximum absolute atomic E-state index is 11.9. The number of nitrogens with zero attached hydrogens (tertiary/aromatic N) is 4. The number of carboxylic acids is 1. The Labute approximate surface area is 135 Å². The molecule has 0 aromatic carbocycles. The second-order valence-electron chi connectivity index (χ2n) is 5.09. The van der Waals surface area contributed by atoms with Crippen molar-refractivity contribution in [1.29, 1.82) is 0 Å². The normalized spacial score (nSPS) is 24.3. The van der Waals surface area contributed by atoms with Crippen LogP contribution in [0.2, 0.25) is 0 Å². The summed E-state index contributed by atoms with van der Waals surface area (Å²) < 4.78 is 1.66. The lowest BCUT2D eigenvalue weighted by Crippen LogP contribution is -2.68. The van der Waals surface area contributed by atoms with Gasteiger partial charge < -0.3 is 10.8 Å². The van der Waals surface area contributed by atoms with Gasteiger partial charge in [-0.25, -0.2) is 9.48 Å². The zero-order valence-corrected chi connectivity index (χ0v) is 13.6. The number of aromatic nitrogens is 3. The fourth-order valence-corrected chi connectivity index (χ4v) is 4.94. The summed E-state index contributed by atoms with van der Waals surface area (Å²) in [6, 6.07) is -0.600. The van der Waals surface area contributed by atoms with Crippen molar-refractivity contribution in [3.8, 4) is 0 Å². The summed E-state index contributed by atoms with van der Waals surface area (Å²) in [6.45, 7) is 1.85. The van der Waals surface area contributed by atoms with E-state index in [1.54, 1.807) is 11.7 Å². The largest absolute Gasteiger partial charge is 0.477 e. The number of β-lactam (4-membered cyclic amide) rings is 1. The van der Waals surface area contributed by atoms with Gasteiger partial charge in [0.2, 0.25) is 5.91 Å². The standard InChI is InChI=1S/C12H15N5O3S2/c1-5-10(16(2)15-14-5)21-3-6-4-22-11-7(13)9(18)17(11)8(6)12(19)20/h7,11H,3-4,13H2,1-2H3,(H,19,20)/t7?,11-/m0/s1.